The highest BCUT2D eigenvalue weighted by Crippen LogP contribution is 2.36. The Hall–Kier alpha value is -2.19. The number of piperazine rings is 1. The van der Waals surface area contributed by atoms with Crippen molar-refractivity contribution in [2.24, 2.45) is 0 Å². The van der Waals surface area contributed by atoms with E-state index in [4.69, 9.17) is 10.5 Å². The summed E-state index contributed by atoms with van der Waals surface area (Å²) in [4.78, 5) is 18.8. The molecule has 24 heavy (non-hydrogen) atoms. The van der Waals surface area contributed by atoms with Gasteiger partial charge in [0.1, 0.15) is 17.0 Å². The number of hydrogen-bond donors (Lipinski definition) is 1. The fourth-order valence-corrected chi connectivity index (χ4v) is 2.36. The van der Waals surface area contributed by atoms with Crippen LogP contribution in [0.15, 0.2) is 12.3 Å². The molecule has 6 nitrogen and oxygen atoms in total. The first kappa shape index (κ1) is 18.2. The van der Waals surface area contributed by atoms with Crippen LogP contribution >= 0.6 is 0 Å². The highest BCUT2D eigenvalue weighted by molar-refractivity contribution is 5.68. The summed E-state index contributed by atoms with van der Waals surface area (Å²) in [5.74, 6) is -0.166. The summed E-state index contributed by atoms with van der Waals surface area (Å²) in [6, 6.07) is 0.878. The van der Waals surface area contributed by atoms with E-state index in [1.54, 1.807) is 20.8 Å². The van der Waals surface area contributed by atoms with Crippen molar-refractivity contribution in [3.63, 3.8) is 0 Å². The van der Waals surface area contributed by atoms with Gasteiger partial charge in [0.25, 0.3) is 0 Å². The maximum Gasteiger partial charge on any atom is 0.420 e. The predicted molar refractivity (Wildman–Crippen MR) is 83.7 cm³/mol. The lowest BCUT2D eigenvalue weighted by atomic mass is 10.2. The molecular weight excluding hydrogens is 325 g/mol. The van der Waals surface area contributed by atoms with Gasteiger partial charge in [-0.25, -0.2) is 9.78 Å². The second-order valence-corrected chi connectivity index (χ2v) is 6.59. The average molecular weight is 346 g/mol. The van der Waals surface area contributed by atoms with Crippen LogP contribution < -0.4 is 10.6 Å². The Balaban J connectivity index is 2.09. The Morgan fingerprint density at radius 3 is 2.29 bits per heavy atom. The summed E-state index contributed by atoms with van der Waals surface area (Å²) in [5.41, 5.74) is 3.90. The number of nitrogens with zero attached hydrogens (tertiary/aromatic N) is 3. The minimum absolute atomic E-state index is 0.0431. The number of nitrogens with two attached hydrogens (primary N) is 1. The molecule has 0 aromatic carbocycles. The smallest absolute Gasteiger partial charge is 0.420 e. The van der Waals surface area contributed by atoms with E-state index < -0.39 is 23.4 Å². The number of nitrogen functional groups attached to an aromatic ring is 1. The second-order valence-electron chi connectivity index (χ2n) is 6.59. The minimum atomic E-state index is -4.54. The molecule has 1 aliphatic rings. The number of pyridine rings is 1. The van der Waals surface area contributed by atoms with Crippen molar-refractivity contribution < 1.29 is 22.7 Å². The molecule has 1 aromatic rings. The third kappa shape index (κ3) is 4.42. The molecular formula is C15H21F3N4O2. The molecule has 1 aliphatic heterocycles. The van der Waals surface area contributed by atoms with Gasteiger partial charge in [-0.3, -0.25) is 0 Å². The van der Waals surface area contributed by atoms with Gasteiger partial charge in [-0.15, -0.1) is 0 Å². The molecule has 134 valence electrons. The number of amides is 1. The fourth-order valence-electron chi connectivity index (χ4n) is 2.36. The van der Waals surface area contributed by atoms with E-state index in [0.717, 1.165) is 6.07 Å². The number of alkyl halides is 3. The van der Waals surface area contributed by atoms with Gasteiger partial charge in [0.15, 0.2) is 0 Å². The van der Waals surface area contributed by atoms with E-state index >= 15 is 0 Å². The number of carbonyl (C=O) groups excluding carboxylic acids is 1. The second kappa shape index (κ2) is 6.37. The van der Waals surface area contributed by atoms with Crippen molar-refractivity contribution in [2.45, 2.75) is 32.5 Å². The van der Waals surface area contributed by atoms with Gasteiger partial charge in [-0.2, -0.15) is 13.2 Å². The van der Waals surface area contributed by atoms with Crippen LogP contribution in [0, 0.1) is 0 Å². The SMILES string of the molecule is CC(C)(C)OC(=O)N1CCN(c2ncc(N)cc2C(F)(F)F)CC1. The molecule has 0 radical (unpaired) electrons. The number of anilines is 2. The van der Waals surface area contributed by atoms with Crippen LogP contribution in [0.2, 0.25) is 0 Å². The van der Waals surface area contributed by atoms with Crippen LogP contribution in [-0.2, 0) is 10.9 Å². The van der Waals surface area contributed by atoms with Crippen LogP contribution in [0.25, 0.3) is 0 Å². The third-order valence-electron chi connectivity index (χ3n) is 3.42. The zero-order valence-electron chi connectivity index (χ0n) is 13.9. The summed E-state index contributed by atoms with van der Waals surface area (Å²) in [5, 5.41) is 0. The number of hydrogen-bond acceptors (Lipinski definition) is 5. The fraction of sp³-hybridized carbons (Fsp3) is 0.600. The maximum atomic E-state index is 13.2. The van der Waals surface area contributed by atoms with E-state index in [1.165, 1.54) is 16.0 Å². The van der Waals surface area contributed by atoms with Gasteiger partial charge in [-0.1, -0.05) is 0 Å². The number of carbonyl (C=O) groups is 1. The summed E-state index contributed by atoms with van der Waals surface area (Å²) < 4.78 is 44.8. The average Bonchev–Trinajstić information content (AvgIpc) is 2.44. The van der Waals surface area contributed by atoms with E-state index in [1.807, 2.05) is 0 Å². The summed E-state index contributed by atoms with van der Waals surface area (Å²) in [7, 11) is 0. The molecule has 2 rings (SSSR count). The predicted octanol–water partition coefficient (Wildman–Crippen LogP) is 2.74. The first-order valence-electron chi connectivity index (χ1n) is 7.53. The lowest BCUT2D eigenvalue weighted by molar-refractivity contribution is -0.137. The molecule has 0 unspecified atom stereocenters. The molecule has 0 saturated carbocycles. The monoisotopic (exact) mass is 346 g/mol. The Bertz CT molecular complexity index is 606. The molecule has 2 N–H and O–H groups in total. The molecule has 1 amide bonds. The van der Waals surface area contributed by atoms with Gasteiger partial charge < -0.3 is 20.3 Å². The van der Waals surface area contributed by atoms with Gasteiger partial charge in [0.2, 0.25) is 0 Å². The first-order chi connectivity index (χ1) is 11.0. The number of rotatable bonds is 1. The van der Waals surface area contributed by atoms with Crippen molar-refractivity contribution in [3.05, 3.63) is 17.8 Å². The number of halogens is 3. The Labute approximate surface area is 138 Å². The number of aromatic nitrogens is 1. The molecule has 0 aliphatic carbocycles. The van der Waals surface area contributed by atoms with E-state index in [-0.39, 0.29) is 37.7 Å². The van der Waals surface area contributed by atoms with Crippen molar-refractivity contribution in [3.8, 4) is 0 Å². The molecule has 1 aromatic heterocycles. The normalized spacial score (nSPS) is 16.2. The summed E-state index contributed by atoms with van der Waals surface area (Å²) >= 11 is 0. The van der Waals surface area contributed by atoms with Gasteiger partial charge in [0.05, 0.1) is 11.9 Å². The number of ether oxygens (including phenoxy) is 1. The maximum absolute atomic E-state index is 13.2. The summed E-state index contributed by atoms with van der Waals surface area (Å²) in [6.45, 7) is 6.27. The minimum Gasteiger partial charge on any atom is -0.444 e. The topological polar surface area (TPSA) is 71.7 Å². The molecule has 0 atom stereocenters. The van der Waals surface area contributed by atoms with E-state index in [0.29, 0.717) is 0 Å². The zero-order valence-corrected chi connectivity index (χ0v) is 13.9. The zero-order chi connectivity index (χ0) is 18.1. The Kier molecular flexibility index (Phi) is 4.82. The summed E-state index contributed by atoms with van der Waals surface area (Å²) in [6.07, 6.45) is -3.81. The molecule has 9 heteroatoms. The van der Waals surface area contributed by atoms with E-state index in [9.17, 15) is 18.0 Å². The first-order valence-corrected chi connectivity index (χ1v) is 7.53. The molecule has 1 fully saturated rings. The quantitative estimate of drug-likeness (QED) is 0.847. The lowest BCUT2D eigenvalue weighted by Crippen LogP contribution is -2.50. The van der Waals surface area contributed by atoms with Gasteiger partial charge in [-0.05, 0) is 26.8 Å². The largest absolute Gasteiger partial charge is 0.444 e. The van der Waals surface area contributed by atoms with E-state index in [2.05, 4.69) is 4.98 Å². The molecule has 1 saturated heterocycles. The van der Waals surface area contributed by atoms with Crippen LogP contribution in [-0.4, -0.2) is 47.8 Å². The molecule has 0 bridgehead atoms. The highest BCUT2D eigenvalue weighted by Gasteiger charge is 2.37. The Morgan fingerprint density at radius 1 is 1.21 bits per heavy atom. The van der Waals surface area contributed by atoms with Crippen LogP contribution in [0.1, 0.15) is 26.3 Å². The third-order valence-corrected chi connectivity index (χ3v) is 3.42. The Morgan fingerprint density at radius 2 is 1.79 bits per heavy atom. The van der Waals surface area contributed by atoms with Gasteiger partial charge >= 0.3 is 12.3 Å². The van der Waals surface area contributed by atoms with Crippen molar-refractivity contribution >= 4 is 17.6 Å². The van der Waals surface area contributed by atoms with Crippen molar-refractivity contribution in [2.75, 3.05) is 36.8 Å². The highest BCUT2D eigenvalue weighted by atomic mass is 19.4. The van der Waals surface area contributed by atoms with Crippen LogP contribution in [0.4, 0.5) is 29.5 Å². The molecule has 0 spiro atoms. The molecule has 2 heterocycles. The van der Waals surface area contributed by atoms with Crippen LogP contribution in [0.3, 0.4) is 0 Å². The van der Waals surface area contributed by atoms with Crippen molar-refractivity contribution in [1.82, 2.24) is 9.88 Å². The van der Waals surface area contributed by atoms with Crippen molar-refractivity contribution in [1.29, 1.82) is 0 Å². The van der Waals surface area contributed by atoms with Gasteiger partial charge in [0, 0.05) is 26.2 Å². The standard InChI is InChI=1S/C15H21F3N4O2/c1-14(2,3)24-13(23)22-6-4-21(5-7-22)12-11(15(16,17)18)8-10(19)9-20-12/h8-9H,4-7,19H2,1-3H3. The lowest BCUT2D eigenvalue weighted by Gasteiger charge is -2.37. The van der Waals surface area contributed by atoms with Crippen LogP contribution in [0.5, 0.6) is 0 Å².